The molecule has 1 rings (SSSR count). The number of hydrogen-bond acceptors (Lipinski definition) is 4. The van der Waals surface area contributed by atoms with Crippen molar-refractivity contribution in [3.05, 3.63) is 12.2 Å². The highest BCUT2D eigenvalue weighted by Gasteiger charge is 2.32. The van der Waals surface area contributed by atoms with Gasteiger partial charge in [0.2, 0.25) is 0 Å². The smallest absolute Gasteiger partial charge is 0.310 e. The van der Waals surface area contributed by atoms with Gasteiger partial charge in [0.25, 0.3) is 10.2 Å². The van der Waals surface area contributed by atoms with Crippen LogP contribution in [-0.4, -0.2) is 44.9 Å². The highest BCUT2D eigenvalue weighted by molar-refractivity contribution is 7.87. The Balaban J connectivity index is 2.54. The number of carbonyl (C=O) groups excluding carboxylic acids is 1. The predicted octanol–water partition coefficient (Wildman–Crippen LogP) is 1.06. The standard InChI is InChI=1S/C13H24N2O4S/c1-3-5-6-9-14-20(17,18)15-10-7-8-12(11-15)13(16)19-4-2/h3,5,12,14H,4,6-11H2,1-2H3/b5-3+. The molecule has 0 saturated carbocycles. The lowest BCUT2D eigenvalue weighted by molar-refractivity contribution is -0.149. The molecule has 1 fully saturated rings. The summed E-state index contributed by atoms with van der Waals surface area (Å²) in [6.45, 7) is 4.99. The van der Waals surface area contributed by atoms with Crippen molar-refractivity contribution in [3.8, 4) is 0 Å². The summed E-state index contributed by atoms with van der Waals surface area (Å²) < 4.78 is 33.1. The highest BCUT2D eigenvalue weighted by atomic mass is 32.2. The molecular weight excluding hydrogens is 280 g/mol. The van der Waals surface area contributed by atoms with Gasteiger partial charge in [0.1, 0.15) is 0 Å². The van der Waals surface area contributed by atoms with Crippen molar-refractivity contribution in [3.63, 3.8) is 0 Å². The average molecular weight is 304 g/mol. The van der Waals surface area contributed by atoms with Gasteiger partial charge in [-0.3, -0.25) is 4.79 Å². The molecule has 0 aromatic heterocycles. The minimum Gasteiger partial charge on any atom is -0.466 e. The lowest BCUT2D eigenvalue weighted by Crippen LogP contribution is -2.47. The average Bonchev–Trinajstić information content (AvgIpc) is 2.44. The number of piperidine rings is 1. The summed E-state index contributed by atoms with van der Waals surface area (Å²) in [4.78, 5) is 11.7. The van der Waals surface area contributed by atoms with Crippen molar-refractivity contribution in [2.24, 2.45) is 5.92 Å². The van der Waals surface area contributed by atoms with E-state index in [1.165, 1.54) is 4.31 Å². The maximum absolute atomic E-state index is 12.1. The van der Waals surface area contributed by atoms with Crippen LogP contribution in [0.1, 0.15) is 33.1 Å². The van der Waals surface area contributed by atoms with Gasteiger partial charge in [0, 0.05) is 19.6 Å². The van der Waals surface area contributed by atoms with Gasteiger partial charge < -0.3 is 4.74 Å². The number of nitrogens with zero attached hydrogens (tertiary/aromatic N) is 1. The van der Waals surface area contributed by atoms with E-state index in [1.807, 2.05) is 19.1 Å². The molecule has 0 amide bonds. The van der Waals surface area contributed by atoms with Gasteiger partial charge in [-0.05, 0) is 33.1 Å². The summed E-state index contributed by atoms with van der Waals surface area (Å²) >= 11 is 0. The molecule has 1 aliphatic heterocycles. The SMILES string of the molecule is C/C=C/CCNS(=O)(=O)N1CCCC(C(=O)OCC)C1. The quantitative estimate of drug-likeness (QED) is 0.433. The van der Waals surface area contributed by atoms with Crippen LogP contribution in [0.25, 0.3) is 0 Å². The Labute approximate surface area is 121 Å². The summed E-state index contributed by atoms with van der Waals surface area (Å²) in [6.07, 6.45) is 5.81. The first-order valence-electron chi connectivity index (χ1n) is 7.03. The molecule has 1 atom stereocenters. The third kappa shape index (κ3) is 5.22. The zero-order valence-electron chi connectivity index (χ0n) is 12.2. The molecule has 1 aliphatic rings. The van der Waals surface area contributed by atoms with Crippen LogP contribution in [0, 0.1) is 5.92 Å². The van der Waals surface area contributed by atoms with Gasteiger partial charge in [0.05, 0.1) is 12.5 Å². The third-order valence-corrected chi connectivity index (χ3v) is 4.76. The Morgan fingerprint density at radius 2 is 2.25 bits per heavy atom. The number of rotatable bonds is 7. The summed E-state index contributed by atoms with van der Waals surface area (Å²) in [5, 5.41) is 0. The van der Waals surface area contributed by atoms with Gasteiger partial charge in [-0.1, -0.05) is 12.2 Å². The van der Waals surface area contributed by atoms with Crippen LogP contribution in [0.5, 0.6) is 0 Å². The Hall–Kier alpha value is -0.920. The molecule has 1 unspecified atom stereocenters. The first-order valence-corrected chi connectivity index (χ1v) is 8.47. The summed E-state index contributed by atoms with van der Waals surface area (Å²) in [5.41, 5.74) is 0. The predicted molar refractivity (Wildman–Crippen MR) is 77.3 cm³/mol. The number of allylic oxidation sites excluding steroid dienone is 1. The van der Waals surface area contributed by atoms with Gasteiger partial charge in [-0.2, -0.15) is 12.7 Å². The van der Waals surface area contributed by atoms with Crippen LogP contribution in [-0.2, 0) is 19.7 Å². The number of hydrogen-bond donors (Lipinski definition) is 1. The maximum atomic E-state index is 12.1. The van der Waals surface area contributed by atoms with Crippen molar-refractivity contribution < 1.29 is 17.9 Å². The topological polar surface area (TPSA) is 75.7 Å². The van der Waals surface area contributed by atoms with Crippen molar-refractivity contribution in [1.82, 2.24) is 9.03 Å². The normalized spacial score (nSPS) is 21.2. The summed E-state index contributed by atoms with van der Waals surface area (Å²) in [6, 6.07) is 0. The number of nitrogens with one attached hydrogen (secondary N) is 1. The van der Waals surface area contributed by atoms with Crippen molar-refractivity contribution in [1.29, 1.82) is 0 Å². The second-order valence-corrected chi connectivity index (χ2v) is 6.46. The second kappa shape index (κ2) is 8.39. The monoisotopic (exact) mass is 304 g/mol. The minimum atomic E-state index is -3.50. The molecule has 1 saturated heterocycles. The fourth-order valence-corrected chi connectivity index (χ4v) is 3.45. The molecule has 0 bridgehead atoms. The number of esters is 1. The molecular formula is C13H24N2O4S. The number of carbonyl (C=O) groups is 1. The fraction of sp³-hybridized carbons (Fsp3) is 0.769. The van der Waals surface area contributed by atoms with Crippen LogP contribution in [0.4, 0.5) is 0 Å². The van der Waals surface area contributed by atoms with Crippen molar-refractivity contribution in [2.45, 2.75) is 33.1 Å². The summed E-state index contributed by atoms with van der Waals surface area (Å²) in [7, 11) is -3.50. The van der Waals surface area contributed by atoms with E-state index in [1.54, 1.807) is 6.92 Å². The number of ether oxygens (including phenoxy) is 1. The molecule has 20 heavy (non-hydrogen) atoms. The van der Waals surface area contributed by atoms with E-state index in [2.05, 4.69) is 4.72 Å². The van der Waals surface area contributed by atoms with Crippen LogP contribution < -0.4 is 4.72 Å². The second-order valence-electron chi connectivity index (χ2n) is 4.71. The molecule has 116 valence electrons. The van der Waals surface area contributed by atoms with Gasteiger partial charge in [-0.15, -0.1) is 0 Å². The highest BCUT2D eigenvalue weighted by Crippen LogP contribution is 2.19. The van der Waals surface area contributed by atoms with E-state index in [0.717, 1.165) is 0 Å². The first kappa shape index (κ1) is 17.1. The first-order chi connectivity index (χ1) is 9.51. The van der Waals surface area contributed by atoms with Crippen LogP contribution in [0.2, 0.25) is 0 Å². The van der Waals surface area contributed by atoms with Crippen molar-refractivity contribution in [2.75, 3.05) is 26.2 Å². The van der Waals surface area contributed by atoms with Gasteiger partial charge >= 0.3 is 5.97 Å². The Bertz CT molecular complexity index is 434. The molecule has 0 aliphatic carbocycles. The maximum Gasteiger partial charge on any atom is 0.310 e. The zero-order valence-corrected chi connectivity index (χ0v) is 13.0. The molecule has 1 heterocycles. The lowest BCUT2D eigenvalue weighted by Gasteiger charge is -2.30. The van der Waals surface area contributed by atoms with Gasteiger partial charge in [0.15, 0.2) is 0 Å². The van der Waals surface area contributed by atoms with Crippen LogP contribution in [0.3, 0.4) is 0 Å². The van der Waals surface area contributed by atoms with Gasteiger partial charge in [-0.25, -0.2) is 4.72 Å². The Morgan fingerprint density at radius 1 is 1.50 bits per heavy atom. The molecule has 7 heteroatoms. The molecule has 0 spiro atoms. The third-order valence-electron chi connectivity index (χ3n) is 3.18. The lowest BCUT2D eigenvalue weighted by atomic mass is 10.0. The van der Waals surface area contributed by atoms with Crippen molar-refractivity contribution >= 4 is 16.2 Å². The molecule has 0 aromatic carbocycles. The van der Waals surface area contributed by atoms with E-state index in [-0.39, 0.29) is 18.4 Å². The van der Waals surface area contributed by atoms with Crippen LogP contribution >= 0.6 is 0 Å². The van der Waals surface area contributed by atoms with E-state index in [4.69, 9.17) is 4.74 Å². The van der Waals surface area contributed by atoms with E-state index in [0.29, 0.717) is 39.0 Å². The fourth-order valence-electron chi connectivity index (χ4n) is 2.14. The van der Waals surface area contributed by atoms with Crippen LogP contribution in [0.15, 0.2) is 12.2 Å². The largest absolute Gasteiger partial charge is 0.466 e. The zero-order chi connectivity index (χ0) is 15.0. The van der Waals surface area contributed by atoms with E-state index in [9.17, 15) is 13.2 Å². The molecule has 1 N–H and O–H groups in total. The Kier molecular flexibility index (Phi) is 7.18. The minimum absolute atomic E-state index is 0.206. The summed E-state index contributed by atoms with van der Waals surface area (Å²) in [5.74, 6) is -0.655. The van der Waals surface area contributed by atoms with E-state index < -0.39 is 10.2 Å². The molecule has 0 radical (unpaired) electrons. The molecule has 0 aromatic rings. The Morgan fingerprint density at radius 3 is 2.90 bits per heavy atom. The van der Waals surface area contributed by atoms with E-state index >= 15 is 0 Å². The molecule has 6 nitrogen and oxygen atoms in total.